The van der Waals surface area contributed by atoms with Gasteiger partial charge in [0.15, 0.2) is 0 Å². The number of hydrogen-bond acceptors (Lipinski definition) is 2. The molecule has 0 aromatic heterocycles. The lowest BCUT2D eigenvalue weighted by Gasteiger charge is -2.33. The van der Waals surface area contributed by atoms with Gasteiger partial charge in [0.25, 0.3) is 0 Å². The molecule has 0 saturated heterocycles. The Kier molecular flexibility index (Phi) is 5.13. The Balaban J connectivity index is 1.87. The summed E-state index contributed by atoms with van der Waals surface area (Å²) >= 11 is 11.9. The molecule has 4 N–H and O–H groups in total. The van der Waals surface area contributed by atoms with Gasteiger partial charge in [-0.2, -0.15) is 0 Å². The number of benzene rings is 1. The van der Waals surface area contributed by atoms with Gasteiger partial charge in [0.1, 0.15) is 0 Å². The van der Waals surface area contributed by atoms with Crippen LogP contribution in [0.1, 0.15) is 32.1 Å². The molecule has 110 valence electrons. The van der Waals surface area contributed by atoms with Crippen molar-refractivity contribution in [3.05, 3.63) is 28.2 Å². The quantitative estimate of drug-likeness (QED) is 0.794. The van der Waals surface area contributed by atoms with E-state index in [9.17, 15) is 4.79 Å². The van der Waals surface area contributed by atoms with Gasteiger partial charge in [0, 0.05) is 17.1 Å². The molecule has 4 nitrogen and oxygen atoms in total. The molecule has 1 fully saturated rings. The van der Waals surface area contributed by atoms with Crippen LogP contribution in [0.4, 0.5) is 10.5 Å². The number of halogens is 2. The highest BCUT2D eigenvalue weighted by atomic mass is 35.5. The summed E-state index contributed by atoms with van der Waals surface area (Å²) in [4.78, 5) is 11.9. The summed E-state index contributed by atoms with van der Waals surface area (Å²) in [5.74, 6) is 0. The van der Waals surface area contributed by atoms with Crippen molar-refractivity contribution in [3.63, 3.8) is 0 Å². The fraction of sp³-hybridized carbons (Fsp3) is 0.500. The molecule has 1 aliphatic rings. The highest BCUT2D eigenvalue weighted by molar-refractivity contribution is 6.35. The van der Waals surface area contributed by atoms with Crippen molar-refractivity contribution < 1.29 is 4.79 Å². The second-order valence-corrected chi connectivity index (χ2v) is 6.20. The first-order valence-corrected chi connectivity index (χ1v) is 7.53. The molecule has 2 amide bonds. The fourth-order valence-corrected chi connectivity index (χ4v) is 2.79. The highest BCUT2D eigenvalue weighted by Crippen LogP contribution is 2.26. The van der Waals surface area contributed by atoms with Crippen molar-refractivity contribution in [2.24, 2.45) is 5.73 Å². The number of nitrogens with one attached hydrogen (secondary N) is 2. The minimum atomic E-state index is -0.315. The third-order valence-electron chi connectivity index (χ3n) is 3.63. The number of anilines is 1. The van der Waals surface area contributed by atoms with Crippen LogP contribution in [0.2, 0.25) is 10.0 Å². The van der Waals surface area contributed by atoms with Crippen LogP contribution in [0.3, 0.4) is 0 Å². The van der Waals surface area contributed by atoms with Crippen LogP contribution in [-0.4, -0.2) is 18.1 Å². The number of rotatable bonds is 3. The van der Waals surface area contributed by atoms with Gasteiger partial charge in [-0.3, -0.25) is 0 Å². The predicted molar refractivity (Wildman–Crippen MR) is 83.5 cm³/mol. The van der Waals surface area contributed by atoms with E-state index in [2.05, 4.69) is 10.6 Å². The standard InChI is InChI=1S/C14H19Cl2N3O/c15-10-4-5-11(16)12(8-10)19-13(20)18-9-14(17)6-2-1-3-7-14/h4-5,8H,1-3,6-7,9,17H2,(H2,18,19,20). The molecule has 1 aliphatic carbocycles. The lowest BCUT2D eigenvalue weighted by Crippen LogP contribution is -2.52. The molecule has 0 bridgehead atoms. The van der Waals surface area contributed by atoms with E-state index in [4.69, 9.17) is 28.9 Å². The van der Waals surface area contributed by atoms with E-state index in [0.29, 0.717) is 22.3 Å². The van der Waals surface area contributed by atoms with Gasteiger partial charge in [-0.1, -0.05) is 42.5 Å². The Morgan fingerprint density at radius 3 is 2.65 bits per heavy atom. The SMILES string of the molecule is NC1(CNC(=O)Nc2cc(Cl)ccc2Cl)CCCCC1. The van der Waals surface area contributed by atoms with Crippen LogP contribution >= 0.6 is 23.2 Å². The molecule has 0 radical (unpaired) electrons. The van der Waals surface area contributed by atoms with Gasteiger partial charge >= 0.3 is 6.03 Å². The molecule has 0 atom stereocenters. The Morgan fingerprint density at radius 1 is 1.25 bits per heavy atom. The first-order chi connectivity index (χ1) is 9.48. The molecule has 6 heteroatoms. The first-order valence-electron chi connectivity index (χ1n) is 6.77. The predicted octanol–water partition coefficient (Wildman–Crippen LogP) is 3.78. The molecule has 1 aromatic rings. The lowest BCUT2D eigenvalue weighted by molar-refractivity contribution is 0.241. The monoisotopic (exact) mass is 315 g/mol. The second-order valence-electron chi connectivity index (χ2n) is 5.35. The zero-order valence-corrected chi connectivity index (χ0v) is 12.7. The van der Waals surface area contributed by atoms with Crippen molar-refractivity contribution in [1.29, 1.82) is 0 Å². The van der Waals surface area contributed by atoms with Crippen LogP contribution in [0.25, 0.3) is 0 Å². The van der Waals surface area contributed by atoms with Crippen LogP contribution < -0.4 is 16.4 Å². The smallest absolute Gasteiger partial charge is 0.319 e. The molecular weight excluding hydrogens is 297 g/mol. The van der Waals surface area contributed by atoms with Gasteiger partial charge in [0.2, 0.25) is 0 Å². The Labute approximate surface area is 129 Å². The van der Waals surface area contributed by atoms with E-state index in [1.54, 1.807) is 18.2 Å². The maximum absolute atomic E-state index is 11.9. The lowest BCUT2D eigenvalue weighted by atomic mass is 9.82. The second kappa shape index (κ2) is 6.66. The normalized spacial score (nSPS) is 17.6. The Bertz CT molecular complexity index is 487. The zero-order valence-electron chi connectivity index (χ0n) is 11.2. The van der Waals surface area contributed by atoms with E-state index < -0.39 is 0 Å². The van der Waals surface area contributed by atoms with Crippen molar-refractivity contribution >= 4 is 34.9 Å². The third kappa shape index (κ3) is 4.27. The molecule has 20 heavy (non-hydrogen) atoms. The number of carbonyl (C=O) groups is 1. The number of urea groups is 1. The summed E-state index contributed by atoms with van der Waals surface area (Å²) in [5.41, 5.74) is 6.47. The molecule has 0 spiro atoms. The average molecular weight is 316 g/mol. The van der Waals surface area contributed by atoms with Gasteiger partial charge in [-0.05, 0) is 31.0 Å². The van der Waals surface area contributed by atoms with Crippen molar-refractivity contribution in [2.45, 2.75) is 37.6 Å². The summed E-state index contributed by atoms with van der Waals surface area (Å²) in [5, 5.41) is 6.47. The molecule has 1 saturated carbocycles. The van der Waals surface area contributed by atoms with E-state index >= 15 is 0 Å². The number of hydrogen-bond donors (Lipinski definition) is 3. The summed E-state index contributed by atoms with van der Waals surface area (Å²) in [6.07, 6.45) is 5.37. The molecular formula is C14H19Cl2N3O. The van der Waals surface area contributed by atoms with Gasteiger partial charge in [-0.25, -0.2) is 4.79 Å². The number of nitrogens with two attached hydrogens (primary N) is 1. The van der Waals surface area contributed by atoms with E-state index in [1.807, 2.05) is 0 Å². The maximum atomic E-state index is 11.9. The third-order valence-corrected chi connectivity index (χ3v) is 4.19. The zero-order chi connectivity index (χ0) is 14.6. The topological polar surface area (TPSA) is 67.1 Å². The molecule has 2 rings (SSSR count). The summed E-state index contributed by atoms with van der Waals surface area (Å²) < 4.78 is 0. The number of carbonyl (C=O) groups excluding carboxylic acids is 1. The number of amides is 2. The highest BCUT2D eigenvalue weighted by Gasteiger charge is 2.27. The summed E-state index contributed by atoms with van der Waals surface area (Å²) in [7, 11) is 0. The minimum Gasteiger partial charge on any atom is -0.336 e. The van der Waals surface area contributed by atoms with Gasteiger partial charge in [-0.15, -0.1) is 0 Å². The summed E-state index contributed by atoms with van der Waals surface area (Å²) in [6, 6.07) is 4.61. The Hall–Kier alpha value is -0.970. The minimum absolute atomic E-state index is 0.284. The van der Waals surface area contributed by atoms with Crippen LogP contribution in [-0.2, 0) is 0 Å². The van der Waals surface area contributed by atoms with Crippen molar-refractivity contribution in [2.75, 3.05) is 11.9 Å². The molecule has 0 unspecified atom stereocenters. The van der Waals surface area contributed by atoms with Crippen molar-refractivity contribution in [1.82, 2.24) is 5.32 Å². The van der Waals surface area contributed by atoms with Gasteiger partial charge in [0.05, 0.1) is 10.7 Å². The van der Waals surface area contributed by atoms with Gasteiger partial charge < -0.3 is 16.4 Å². The largest absolute Gasteiger partial charge is 0.336 e. The maximum Gasteiger partial charge on any atom is 0.319 e. The van der Waals surface area contributed by atoms with Crippen LogP contribution in [0.15, 0.2) is 18.2 Å². The van der Waals surface area contributed by atoms with E-state index in [0.717, 1.165) is 25.7 Å². The molecule has 0 aliphatic heterocycles. The van der Waals surface area contributed by atoms with Crippen LogP contribution in [0, 0.1) is 0 Å². The molecule has 0 heterocycles. The molecule has 1 aromatic carbocycles. The summed E-state index contributed by atoms with van der Waals surface area (Å²) in [6.45, 7) is 0.469. The van der Waals surface area contributed by atoms with Crippen molar-refractivity contribution in [3.8, 4) is 0 Å². The Morgan fingerprint density at radius 2 is 1.95 bits per heavy atom. The van der Waals surface area contributed by atoms with E-state index in [-0.39, 0.29) is 11.6 Å². The fourth-order valence-electron chi connectivity index (χ4n) is 2.45. The average Bonchev–Trinajstić information content (AvgIpc) is 2.42. The first kappa shape index (κ1) is 15.4. The van der Waals surface area contributed by atoms with Crippen LogP contribution in [0.5, 0.6) is 0 Å². The van der Waals surface area contributed by atoms with E-state index in [1.165, 1.54) is 6.42 Å².